The van der Waals surface area contributed by atoms with Crippen molar-refractivity contribution in [3.63, 3.8) is 0 Å². The Balaban J connectivity index is 2.89. The van der Waals surface area contributed by atoms with Gasteiger partial charge in [0.1, 0.15) is 11.5 Å². The van der Waals surface area contributed by atoms with Crippen LogP contribution in [-0.2, 0) is 14.4 Å². The molecule has 1 N–H and O–H groups in total. The molecule has 0 aliphatic rings. The highest BCUT2D eigenvalue weighted by atomic mass is 16.5. The van der Waals surface area contributed by atoms with Crippen molar-refractivity contribution in [2.75, 3.05) is 6.54 Å². The average Bonchev–Trinajstić information content (AvgIpc) is 2.74. The van der Waals surface area contributed by atoms with Gasteiger partial charge in [0, 0.05) is 31.9 Å². The van der Waals surface area contributed by atoms with Gasteiger partial charge in [-0.2, -0.15) is 0 Å². The monoisotopic (exact) mass is 447 g/mol. The minimum absolute atomic E-state index is 0.0561. The van der Waals surface area contributed by atoms with Crippen LogP contribution in [0.1, 0.15) is 110 Å². The largest absolute Gasteiger partial charge is 0.426 e. The molecule has 0 saturated carbocycles. The molecule has 0 radical (unpaired) electrons. The van der Waals surface area contributed by atoms with Gasteiger partial charge in [-0.15, -0.1) is 0 Å². The topological polar surface area (TPSA) is 81.7 Å². The molecule has 0 spiro atoms. The van der Waals surface area contributed by atoms with Crippen LogP contribution >= 0.6 is 0 Å². The Hall–Kier alpha value is -2.37. The number of rotatable bonds is 16. The Kier molecular flexibility index (Phi) is 14.1. The maximum Gasteiger partial charge on any atom is 0.311 e. The van der Waals surface area contributed by atoms with E-state index in [2.05, 4.69) is 19.2 Å². The molecule has 0 aromatic heterocycles. The maximum atomic E-state index is 12.4. The molecule has 1 rings (SSSR count). The highest BCUT2D eigenvalue weighted by molar-refractivity contribution is 5.77. The van der Waals surface area contributed by atoms with E-state index in [4.69, 9.17) is 9.47 Å². The Labute approximate surface area is 193 Å². The molecule has 1 amide bonds. The molecule has 0 heterocycles. The van der Waals surface area contributed by atoms with Crippen LogP contribution in [0.5, 0.6) is 11.5 Å². The number of benzene rings is 1. The molecule has 0 fully saturated rings. The summed E-state index contributed by atoms with van der Waals surface area (Å²) in [7, 11) is 0. The summed E-state index contributed by atoms with van der Waals surface area (Å²) >= 11 is 0. The third-order valence-electron chi connectivity index (χ3n) is 5.31. The molecule has 1 aromatic carbocycles. The van der Waals surface area contributed by atoms with Crippen molar-refractivity contribution in [2.45, 2.75) is 104 Å². The van der Waals surface area contributed by atoms with E-state index in [0.29, 0.717) is 30.9 Å². The molecule has 0 saturated heterocycles. The zero-order valence-corrected chi connectivity index (χ0v) is 20.3. The van der Waals surface area contributed by atoms with E-state index in [1.807, 2.05) is 13.8 Å². The van der Waals surface area contributed by atoms with Crippen molar-refractivity contribution < 1.29 is 23.9 Å². The molecule has 6 heteroatoms. The highest BCUT2D eigenvalue weighted by Crippen LogP contribution is 2.33. The summed E-state index contributed by atoms with van der Waals surface area (Å²) in [6.07, 6.45) is 8.95. The van der Waals surface area contributed by atoms with Crippen molar-refractivity contribution >= 4 is 17.8 Å². The molecule has 6 nitrogen and oxygen atoms in total. The van der Waals surface area contributed by atoms with Gasteiger partial charge in [-0.05, 0) is 37.3 Å². The van der Waals surface area contributed by atoms with Crippen LogP contribution in [-0.4, -0.2) is 24.4 Å². The summed E-state index contributed by atoms with van der Waals surface area (Å²) in [5.41, 5.74) is 0.751. The van der Waals surface area contributed by atoms with E-state index < -0.39 is 0 Å². The zero-order chi connectivity index (χ0) is 23.8. The smallest absolute Gasteiger partial charge is 0.311 e. The van der Waals surface area contributed by atoms with Gasteiger partial charge in [0.15, 0.2) is 0 Å². The lowest BCUT2D eigenvalue weighted by atomic mass is 9.96. The van der Waals surface area contributed by atoms with Crippen LogP contribution in [0.3, 0.4) is 0 Å². The third-order valence-corrected chi connectivity index (χ3v) is 5.31. The van der Waals surface area contributed by atoms with Crippen LogP contribution in [0.2, 0.25) is 0 Å². The molecule has 0 aliphatic heterocycles. The maximum absolute atomic E-state index is 12.4. The predicted octanol–water partition coefficient (Wildman–Crippen LogP) is 6.07. The van der Waals surface area contributed by atoms with Crippen molar-refractivity contribution in [2.24, 2.45) is 0 Å². The quantitative estimate of drug-likeness (QED) is 0.189. The fourth-order valence-corrected chi connectivity index (χ4v) is 3.48. The lowest BCUT2D eigenvalue weighted by molar-refractivity contribution is -0.135. The van der Waals surface area contributed by atoms with E-state index in [-0.39, 0.29) is 30.2 Å². The van der Waals surface area contributed by atoms with E-state index >= 15 is 0 Å². The number of nitrogens with one attached hydrogen (secondary N) is 1. The third kappa shape index (κ3) is 11.3. The predicted molar refractivity (Wildman–Crippen MR) is 127 cm³/mol. The SMILES string of the molecule is CCCCCCC(=O)Oc1ccc(C(C)CC(=O)NCC)c(OC(=O)CCCCCC)c1. The highest BCUT2D eigenvalue weighted by Gasteiger charge is 2.19. The van der Waals surface area contributed by atoms with Gasteiger partial charge in [-0.25, -0.2) is 0 Å². The van der Waals surface area contributed by atoms with Crippen LogP contribution in [0.4, 0.5) is 0 Å². The number of amides is 1. The molecule has 32 heavy (non-hydrogen) atoms. The first-order chi connectivity index (χ1) is 15.4. The second-order valence-corrected chi connectivity index (χ2v) is 8.33. The number of hydrogen-bond acceptors (Lipinski definition) is 5. The molecule has 0 bridgehead atoms. The zero-order valence-electron chi connectivity index (χ0n) is 20.3. The van der Waals surface area contributed by atoms with E-state index in [1.54, 1.807) is 18.2 Å². The average molecular weight is 448 g/mol. The van der Waals surface area contributed by atoms with Crippen molar-refractivity contribution in [1.29, 1.82) is 0 Å². The van der Waals surface area contributed by atoms with Crippen molar-refractivity contribution in [3.05, 3.63) is 23.8 Å². The fourth-order valence-electron chi connectivity index (χ4n) is 3.48. The summed E-state index contributed by atoms with van der Waals surface area (Å²) in [5.74, 6) is -0.0915. The van der Waals surface area contributed by atoms with E-state index in [0.717, 1.165) is 56.9 Å². The first-order valence-electron chi connectivity index (χ1n) is 12.2. The molecular formula is C26H41NO5. The van der Waals surface area contributed by atoms with Gasteiger partial charge in [-0.3, -0.25) is 14.4 Å². The van der Waals surface area contributed by atoms with E-state index in [1.165, 1.54) is 0 Å². The number of hydrogen-bond donors (Lipinski definition) is 1. The Morgan fingerprint density at radius 3 is 2.00 bits per heavy atom. The number of unbranched alkanes of at least 4 members (excludes halogenated alkanes) is 6. The molecule has 1 aromatic rings. The van der Waals surface area contributed by atoms with Gasteiger partial charge in [0.05, 0.1) is 0 Å². The summed E-state index contributed by atoms with van der Waals surface area (Å²) in [4.78, 5) is 36.6. The first kappa shape index (κ1) is 27.7. The molecule has 1 unspecified atom stereocenters. The summed E-state index contributed by atoms with van der Waals surface area (Å²) in [5, 5.41) is 2.80. The number of esters is 2. The van der Waals surface area contributed by atoms with Crippen LogP contribution in [0.15, 0.2) is 18.2 Å². The van der Waals surface area contributed by atoms with Crippen LogP contribution in [0, 0.1) is 0 Å². The summed E-state index contributed by atoms with van der Waals surface area (Å²) < 4.78 is 11.1. The summed E-state index contributed by atoms with van der Waals surface area (Å²) in [6.45, 7) is 8.61. The number of carbonyl (C=O) groups excluding carboxylic acids is 3. The second kappa shape index (κ2) is 16.3. The molecule has 180 valence electrons. The van der Waals surface area contributed by atoms with Crippen molar-refractivity contribution in [1.82, 2.24) is 5.32 Å². The molecule has 0 aliphatic carbocycles. The first-order valence-corrected chi connectivity index (χ1v) is 12.2. The van der Waals surface area contributed by atoms with E-state index in [9.17, 15) is 14.4 Å². The van der Waals surface area contributed by atoms with Gasteiger partial charge >= 0.3 is 11.9 Å². The lowest BCUT2D eigenvalue weighted by Crippen LogP contribution is -2.24. The minimum Gasteiger partial charge on any atom is -0.426 e. The minimum atomic E-state index is -0.310. The Morgan fingerprint density at radius 2 is 1.44 bits per heavy atom. The molecular weight excluding hydrogens is 406 g/mol. The van der Waals surface area contributed by atoms with Gasteiger partial charge in [0.25, 0.3) is 0 Å². The Morgan fingerprint density at radius 1 is 0.844 bits per heavy atom. The fraction of sp³-hybridized carbons (Fsp3) is 0.654. The lowest BCUT2D eigenvalue weighted by Gasteiger charge is -2.17. The van der Waals surface area contributed by atoms with Gasteiger partial charge in [-0.1, -0.05) is 65.4 Å². The van der Waals surface area contributed by atoms with Crippen molar-refractivity contribution in [3.8, 4) is 11.5 Å². The number of ether oxygens (including phenoxy) is 2. The molecule has 1 atom stereocenters. The Bertz CT molecular complexity index is 716. The van der Waals surface area contributed by atoms with Gasteiger partial charge < -0.3 is 14.8 Å². The number of carbonyl (C=O) groups is 3. The van der Waals surface area contributed by atoms with Gasteiger partial charge in [0.2, 0.25) is 5.91 Å². The normalized spacial score (nSPS) is 11.6. The van der Waals surface area contributed by atoms with Crippen LogP contribution in [0.25, 0.3) is 0 Å². The summed E-state index contributed by atoms with van der Waals surface area (Å²) in [6, 6.07) is 5.08. The van der Waals surface area contributed by atoms with Crippen LogP contribution < -0.4 is 14.8 Å². The second-order valence-electron chi connectivity index (χ2n) is 8.33. The standard InChI is InChI=1S/C26H41NO5/c1-5-8-10-12-14-25(29)31-21-16-17-22(20(4)18-24(28)27-7-3)23(19-21)32-26(30)15-13-11-9-6-2/h16-17,19-20H,5-15,18H2,1-4H3,(H,27,28).